The molecule has 0 fully saturated rings. The van der Waals surface area contributed by atoms with Crippen molar-refractivity contribution in [3.8, 4) is 0 Å². The van der Waals surface area contributed by atoms with E-state index >= 15 is 0 Å². The summed E-state index contributed by atoms with van der Waals surface area (Å²) < 4.78 is 5.95. The monoisotopic (exact) mass is 255 g/mol. The molecule has 0 saturated carbocycles. The molecule has 0 spiro atoms. The van der Waals surface area contributed by atoms with Crippen LogP contribution in [0.15, 0.2) is 16.6 Å². The summed E-state index contributed by atoms with van der Waals surface area (Å²) >= 11 is 0. The molecule has 2 heteroatoms. The third kappa shape index (κ3) is 11.8. The van der Waals surface area contributed by atoms with Crippen LogP contribution in [0.25, 0.3) is 0 Å². The van der Waals surface area contributed by atoms with E-state index in [-0.39, 0.29) is 5.60 Å². The smallest absolute Gasteiger partial charge is 0.0681 e. The number of rotatable bonds is 6. The minimum Gasteiger partial charge on any atom is -0.371 e. The average Bonchev–Trinajstić information content (AvgIpc) is 2.26. The molecule has 0 radical (unpaired) electrons. The molecule has 108 valence electrons. The van der Waals surface area contributed by atoms with Gasteiger partial charge in [0.05, 0.1) is 12.2 Å². The van der Waals surface area contributed by atoms with Crippen molar-refractivity contribution in [1.29, 1.82) is 0 Å². The van der Waals surface area contributed by atoms with Gasteiger partial charge in [-0.2, -0.15) is 0 Å². The first kappa shape index (κ1) is 19.7. The molecule has 0 saturated heterocycles. The summed E-state index contributed by atoms with van der Waals surface area (Å²) in [5, 5.41) is 0. The van der Waals surface area contributed by atoms with Crippen molar-refractivity contribution in [1.82, 2.24) is 0 Å². The Morgan fingerprint density at radius 1 is 1.28 bits per heavy atom. The highest BCUT2D eigenvalue weighted by Crippen LogP contribution is 2.32. The molecule has 0 aromatic heterocycles. The number of allylic oxidation sites excluding steroid dienone is 1. The van der Waals surface area contributed by atoms with Crippen molar-refractivity contribution >= 4 is 6.72 Å². The topological polar surface area (TPSA) is 21.6 Å². The van der Waals surface area contributed by atoms with Gasteiger partial charge in [-0.05, 0) is 46.2 Å². The summed E-state index contributed by atoms with van der Waals surface area (Å²) in [5.74, 6) is 0. The van der Waals surface area contributed by atoms with Gasteiger partial charge in [0.2, 0.25) is 0 Å². The predicted molar refractivity (Wildman–Crippen MR) is 83.6 cm³/mol. The maximum absolute atomic E-state index is 5.95. The predicted octanol–water partition coefficient (Wildman–Crippen LogP) is 4.89. The molecule has 0 unspecified atom stereocenters. The minimum absolute atomic E-state index is 0.0240. The Morgan fingerprint density at radius 2 is 1.72 bits per heavy atom. The van der Waals surface area contributed by atoms with Gasteiger partial charge < -0.3 is 9.73 Å². The number of aliphatic imine (C=N–C) groups is 1. The maximum Gasteiger partial charge on any atom is 0.0681 e. The molecular weight excluding hydrogens is 222 g/mol. The number of nitrogens with zero attached hydrogens (tertiary/aromatic N) is 1. The van der Waals surface area contributed by atoms with Gasteiger partial charge in [0.15, 0.2) is 0 Å². The highest BCUT2D eigenvalue weighted by Gasteiger charge is 2.28. The Morgan fingerprint density at radius 3 is 2.06 bits per heavy atom. The molecule has 0 heterocycles. The van der Waals surface area contributed by atoms with Gasteiger partial charge in [-0.15, -0.1) is 0 Å². The lowest BCUT2D eigenvalue weighted by atomic mass is 9.80. The van der Waals surface area contributed by atoms with Gasteiger partial charge in [0.1, 0.15) is 0 Å². The van der Waals surface area contributed by atoms with Crippen LogP contribution in [-0.2, 0) is 4.74 Å². The van der Waals surface area contributed by atoms with Crippen molar-refractivity contribution in [3.63, 3.8) is 0 Å². The van der Waals surface area contributed by atoms with Crippen molar-refractivity contribution in [2.45, 2.75) is 66.9 Å². The van der Waals surface area contributed by atoms with Crippen LogP contribution in [-0.4, -0.2) is 26.0 Å². The summed E-state index contributed by atoms with van der Waals surface area (Å²) in [5.41, 5.74) is 1.65. The van der Waals surface area contributed by atoms with E-state index in [1.165, 1.54) is 12.0 Å². The van der Waals surface area contributed by atoms with E-state index in [9.17, 15) is 0 Å². The molecule has 0 aliphatic carbocycles. The Bertz CT molecular complexity index is 252. The molecule has 0 rings (SSSR count). The van der Waals surface area contributed by atoms with Crippen LogP contribution in [0, 0.1) is 5.41 Å². The normalized spacial score (nSPS) is 12.8. The van der Waals surface area contributed by atoms with Crippen LogP contribution in [0.1, 0.15) is 61.3 Å². The van der Waals surface area contributed by atoms with Gasteiger partial charge in [-0.25, -0.2) is 0 Å². The summed E-state index contributed by atoms with van der Waals surface area (Å²) in [4.78, 5) is 3.25. The largest absolute Gasteiger partial charge is 0.371 e. The van der Waals surface area contributed by atoms with Crippen molar-refractivity contribution in [2.75, 3.05) is 13.7 Å². The zero-order chi connectivity index (χ0) is 14.8. The fraction of sp³-hybridized carbons (Fsp3) is 0.812. The zero-order valence-electron chi connectivity index (χ0n) is 13.8. The van der Waals surface area contributed by atoms with Crippen molar-refractivity contribution < 1.29 is 4.74 Å². The molecule has 2 nitrogen and oxygen atoms in total. The lowest BCUT2D eigenvalue weighted by Crippen LogP contribution is -2.31. The summed E-state index contributed by atoms with van der Waals surface area (Å²) in [6, 6.07) is 0. The molecular formula is C16H33NO. The van der Waals surface area contributed by atoms with E-state index in [4.69, 9.17) is 4.74 Å². The van der Waals surface area contributed by atoms with Crippen LogP contribution >= 0.6 is 0 Å². The van der Waals surface area contributed by atoms with Crippen LogP contribution in [0.4, 0.5) is 0 Å². The fourth-order valence-corrected chi connectivity index (χ4v) is 1.72. The zero-order valence-corrected chi connectivity index (χ0v) is 13.8. The van der Waals surface area contributed by atoms with Gasteiger partial charge >= 0.3 is 0 Å². The van der Waals surface area contributed by atoms with Gasteiger partial charge in [-0.1, -0.05) is 38.8 Å². The van der Waals surface area contributed by atoms with Crippen LogP contribution in [0.3, 0.4) is 0 Å². The number of hydrogen-bond donors (Lipinski definition) is 0. The van der Waals surface area contributed by atoms with E-state index in [1.54, 1.807) is 7.05 Å². The minimum atomic E-state index is -0.0240. The van der Waals surface area contributed by atoms with Crippen LogP contribution in [0.2, 0.25) is 0 Å². The molecule has 0 aliphatic rings. The van der Waals surface area contributed by atoms with E-state index in [0.717, 1.165) is 13.0 Å². The molecule has 18 heavy (non-hydrogen) atoms. The average molecular weight is 255 g/mol. The van der Waals surface area contributed by atoms with Crippen LogP contribution < -0.4 is 0 Å². The van der Waals surface area contributed by atoms with Gasteiger partial charge in [-0.3, -0.25) is 0 Å². The molecule has 0 N–H and O–H groups in total. The highest BCUT2D eigenvalue weighted by molar-refractivity contribution is 5.22. The second kappa shape index (κ2) is 9.32. The van der Waals surface area contributed by atoms with Gasteiger partial charge in [0, 0.05) is 7.05 Å². The molecule has 0 bridgehead atoms. The Labute approximate surface area is 115 Å². The fourth-order valence-electron chi connectivity index (χ4n) is 1.72. The highest BCUT2D eigenvalue weighted by atomic mass is 16.5. The standard InChI is InChI=1S/C14H28O.C2H5N/c1-8-12(3)10-15-14(6,7)11-13(4,5)9-2;1-3-2/h8H,9-11H2,1-7H3;1H2,2H3/b12-8+;. The van der Waals surface area contributed by atoms with E-state index in [2.05, 4.69) is 66.3 Å². The van der Waals surface area contributed by atoms with Crippen molar-refractivity contribution in [3.05, 3.63) is 11.6 Å². The molecule has 0 atom stereocenters. The SMILES string of the molecule is C/C=C(\C)COC(C)(C)CC(C)(C)CC.C=NC. The molecule has 0 aromatic carbocycles. The first-order valence-corrected chi connectivity index (χ1v) is 6.74. The Hall–Kier alpha value is -0.630. The molecule has 0 amide bonds. The lowest BCUT2D eigenvalue weighted by Gasteiger charge is -2.34. The first-order valence-electron chi connectivity index (χ1n) is 6.74. The summed E-state index contributed by atoms with van der Waals surface area (Å²) in [6.45, 7) is 19.3. The van der Waals surface area contributed by atoms with E-state index in [1.807, 2.05) is 0 Å². The Kier molecular flexibility index (Phi) is 10.2. The van der Waals surface area contributed by atoms with E-state index in [0.29, 0.717) is 5.41 Å². The first-order chi connectivity index (χ1) is 8.14. The molecule has 0 aromatic rings. The van der Waals surface area contributed by atoms with E-state index < -0.39 is 0 Å². The second-order valence-electron chi connectivity index (χ2n) is 6.19. The quantitative estimate of drug-likeness (QED) is 0.489. The van der Waals surface area contributed by atoms with Crippen LogP contribution in [0.5, 0.6) is 0 Å². The molecule has 0 aliphatic heterocycles. The maximum atomic E-state index is 5.95. The van der Waals surface area contributed by atoms with Gasteiger partial charge in [0.25, 0.3) is 0 Å². The second-order valence-corrected chi connectivity index (χ2v) is 6.19. The third-order valence-corrected chi connectivity index (χ3v) is 3.04. The van der Waals surface area contributed by atoms with Crippen molar-refractivity contribution in [2.24, 2.45) is 10.4 Å². The summed E-state index contributed by atoms with van der Waals surface area (Å²) in [6.07, 6.45) is 4.41. The third-order valence-electron chi connectivity index (χ3n) is 3.04. The lowest BCUT2D eigenvalue weighted by molar-refractivity contribution is -0.0357. The Balaban J connectivity index is 0. The summed E-state index contributed by atoms with van der Waals surface area (Å²) in [7, 11) is 1.64. The number of ether oxygens (including phenoxy) is 1. The number of hydrogen-bond acceptors (Lipinski definition) is 2.